The van der Waals surface area contributed by atoms with E-state index in [0.29, 0.717) is 23.2 Å². The number of ether oxygens (including phenoxy) is 3. The molecule has 0 amide bonds. The van der Waals surface area contributed by atoms with Crippen molar-refractivity contribution in [2.45, 2.75) is 32.3 Å². The molecule has 3 aliphatic rings. The highest BCUT2D eigenvalue weighted by Gasteiger charge is 2.61. The van der Waals surface area contributed by atoms with E-state index in [0.717, 1.165) is 18.1 Å². The van der Waals surface area contributed by atoms with Gasteiger partial charge in [0.25, 0.3) is 0 Å². The molecule has 1 aromatic carbocycles. The van der Waals surface area contributed by atoms with Gasteiger partial charge in [-0.2, -0.15) is 0 Å². The van der Waals surface area contributed by atoms with E-state index in [1.807, 2.05) is 6.07 Å². The Hall–Kier alpha value is -1.48. The molecule has 1 heterocycles. The predicted molar refractivity (Wildman–Crippen MR) is 89.8 cm³/mol. The minimum absolute atomic E-state index is 0.147. The second kappa shape index (κ2) is 5.27. The number of fused-ring (bicyclic) bond motifs is 1. The van der Waals surface area contributed by atoms with E-state index in [2.05, 4.69) is 25.6 Å². The Balaban J connectivity index is 1.72. The number of methoxy groups -OCH3 is 2. The third kappa shape index (κ3) is 2.06. The van der Waals surface area contributed by atoms with Crippen LogP contribution in [0.15, 0.2) is 30.4 Å². The summed E-state index contributed by atoms with van der Waals surface area (Å²) in [6, 6.07) is 6.14. The van der Waals surface area contributed by atoms with Crippen molar-refractivity contribution in [3.8, 4) is 11.5 Å². The van der Waals surface area contributed by atoms with Gasteiger partial charge >= 0.3 is 0 Å². The predicted octanol–water partition coefficient (Wildman–Crippen LogP) is 4.38. The molecule has 2 bridgehead atoms. The summed E-state index contributed by atoms with van der Waals surface area (Å²) in [7, 11) is 3.40. The molecule has 1 saturated heterocycles. The Morgan fingerprint density at radius 1 is 1.17 bits per heavy atom. The van der Waals surface area contributed by atoms with Crippen LogP contribution in [0.4, 0.5) is 0 Å². The molecule has 3 nitrogen and oxygen atoms in total. The van der Waals surface area contributed by atoms with Crippen molar-refractivity contribution in [2.24, 2.45) is 23.2 Å². The third-order valence-electron chi connectivity index (χ3n) is 6.78. The lowest BCUT2D eigenvalue weighted by Crippen LogP contribution is -2.42. The zero-order valence-electron chi connectivity index (χ0n) is 14.3. The second-order valence-electron chi connectivity index (χ2n) is 7.46. The van der Waals surface area contributed by atoms with Gasteiger partial charge < -0.3 is 14.2 Å². The molecule has 3 fully saturated rings. The molecule has 3 heteroatoms. The first-order valence-corrected chi connectivity index (χ1v) is 8.62. The number of hydrogen-bond acceptors (Lipinski definition) is 3. The van der Waals surface area contributed by atoms with Crippen LogP contribution in [0.2, 0.25) is 0 Å². The summed E-state index contributed by atoms with van der Waals surface area (Å²) in [5, 5.41) is 0. The molecule has 124 valence electrons. The molecule has 0 N–H and O–H groups in total. The number of benzene rings is 1. The molecular formula is C20H26O3. The van der Waals surface area contributed by atoms with Crippen LogP contribution in [0.1, 0.15) is 37.9 Å². The Labute approximate surface area is 138 Å². The summed E-state index contributed by atoms with van der Waals surface area (Å²) in [4.78, 5) is 0. The summed E-state index contributed by atoms with van der Waals surface area (Å²) < 4.78 is 17.2. The zero-order valence-corrected chi connectivity index (χ0v) is 14.3. The smallest absolute Gasteiger partial charge is 0.122 e. The van der Waals surface area contributed by atoms with Gasteiger partial charge in [-0.1, -0.05) is 19.1 Å². The van der Waals surface area contributed by atoms with E-state index in [9.17, 15) is 0 Å². The molecule has 1 aromatic rings. The Morgan fingerprint density at radius 2 is 1.87 bits per heavy atom. The third-order valence-corrected chi connectivity index (χ3v) is 6.78. The summed E-state index contributed by atoms with van der Waals surface area (Å²) >= 11 is 0. The molecular weight excluding hydrogens is 288 g/mol. The van der Waals surface area contributed by atoms with Crippen molar-refractivity contribution in [3.05, 3.63) is 35.9 Å². The zero-order chi connectivity index (χ0) is 16.2. The fraction of sp³-hybridized carbons (Fsp3) is 0.600. The standard InChI is InChI=1S/C20H26O3/c1-12-13(2)20-5-6-23-19(18(20)9-15(12)11-20)14-7-16(21-3)10-17(8-14)22-4/h7-8,10,13,15,18-19H,1,5-6,9,11H2,2-4H3/t13?,15-,18-,19-,20?/m1/s1. The van der Waals surface area contributed by atoms with E-state index >= 15 is 0 Å². The van der Waals surface area contributed by atoms with Gasteiger partial charge in [-0.15, -0.1) is 0 Å². The first-order valence-electron chi connectivity index (χ1n) is 8.62. The van der Waals surface area contributed by atoms with Gasteiger partial charge in [-0.25, -0.2) is 0 Å². The van der Waals surface area contributed by atoms with Crippen molar-refractivity contribution in [2.75, 3.05) is 20.8 Å². The minimum atomic E-state index is 0.147. The minimum Gasteiger partial charge on any atom is -0.497 e. The number of hydrogen-bond donors (Lipinski definition) is 0. The lowest BCUT2D eigenvalue weighted by Gasteiger charge is -2.48. The fourth-order valence-electron chi connectivity index (χ4n) is 5.48. The normalized spacial score (nSPS) is 38.5. The van der Waals surface area contributed by atoms with Gasteiger partial charge in [0.2, 0.25) is 0 Å². The highest BCUT2D eigenvalue weighted by Crippen LogP contribution is 2.69. The summed E-state index contributed by atoms with van der Waals surface area (Å²) in [6.45, 7) is 7.59. The molecule has 2 aliphatic carbocycles. The lowest BCUT2D eigenvalue weighted by atomic mass is 9.62. The Morgan fingerprint density at radius 3 is 2.48 bits per heavy atom. The van der Waals surface area contributed by atoms with E-state index in [4.69, 9.17) is 14.2 Å². The highest BCUT2D eigenvalue weighted by atomic mass is 16.5. The van der Waals surface area contributed by atoms with Crippen LogP contribution < -0.4 is 9.47 Å². The molecule has 0 radical (unpaired) electrons. The Kier molecular flexibility index (Phi) is 3.45. The fourth-order valence-corrected chi connectivity index (χ4v) is 5.48. The summed E-state index contributed by atoms with van der Waals surface area (Å²) in [6.07, 6.45) is 3.84. The summed E-state index contributed by atoms with van der Waals surface area (Å²) in [5.41, 5.74) is 3.06. The van der Waals surface area contributed by atoms with E-state index in [1.54, 1.807) is 14.2 Å². The topological polar surface area (TPSA) is 27.7 Å². The van der Waals surface area contributed by atoms with Gasteiger partial charge in [0.1, 0.15) is 11.5 Å². The number of rotatable bonds is 3. The second-order valence-corrected chi connectivity index (χ2v) is 7.46. The molecule has 1 aliphatic heterocycles. The highest BCUT2D eigenvalue weighted by molar-refractivity contribution is 5.41. The SMILES string of the molecule is C=C1C(C)C23CCO[C@H](c4cc(OC)cc(OC)c4)[C@H]2C[C@@H]1C3. The first-order chi connectivity index (χ1) is 11.1. The quantitative estimate of drug-likeness (QED) is 0.775. The van der Waals surface area contributed by atoms with Crippen LogP contribution in [-0.4, -0.2) is 20.8 Å². The van der Waals surface area contributed by atoms with Gasteiger partial charge in [0.15, 0.2) is 0 Å². The maximum Gasteiger partial charge on any atom is 0.122 e. The molecule has 1 spiro atoms. The maximum atomic E-state index is 6.27. The average Bonchev–Trinajstić information content (AvgIpc) is 3.09. The van der Waals surface area contributed by atoms with Crippen molar-refractivity contribution < 1.29 is 14.2 Å². The van der Waals surface area contributed by atoms with Crippen LogP contribution in [0.3, 0.4) is 0 Å². The van der Waals surface area contributed by atoms with E-state index in [-0.39, 0.29) is 6.10 Å². The first kappa shape index (κ1) is 15.1. The van der Waals surface area contributed by atoms with Gasteiger partial charge in [-0.3, -0.25) is 0 Å². The van der Waals surface area contributed by atoms with Crippen LogP contribution >= 0.6 is 0 Å². The number of allylic oxidation sites excluding steroid dienone is 1. The average molecular weight is 314 g/mol. The molecule has 2 unspecified atom stereocenters. The van der Waals surface area contributed by atoms with Crippen molar-refractivity contribution in [1.82, 2.24) is 0 Å². The van der Waals surface area contributed by atoms with Crippen molar-refractivity contribution in [1.29, 1.82) is 0 Å². The van der Waals surface area contributed by atoms with Crippen molar-refractivity contribution in [3.63, 3.8) is 0 Å². The molecule has 2 saturated carbocycles. The van der Waals surface area contributed by atoms with Gasteiger partial charge in [-0.05, 0) is 60.1 Å². The van der Waals surface area contributed by atoms with Crippen molar-refractivity contribution >= 4 is 0 Å². The largest absolute Gasteiger partial charge is 0.497 e. The van der Waals surface area contributed by atoms with Gasteiger partial charge in [0, 0.05) is 12.7 Å². The van der Waals surface area contributed by atoms with Crippen LogP contribution in [0, 0.1) is 23.2 Å². The lowest BCUT2D eigenvalue weighted by molar-refractivity contribution is -0.106. The van der Waals surface area contributed by atoms with Crippen LogP contribution in [0.25, 0.3) is 0 Å². The maximum absolute atomic E-state index is 6.27. The van der Waals surface area contributed by atoms with E-state index < -0.39 is 0 Å². The van der Waals surface area contributed by atoms with Gasteiger partial charge in [0.05, 0.1) is 20.3 Å². The Bertz CT molecular complexity index is 616. The monoisotopic (exact) mass is 314 g/mol. The van der Waals surface area contributed by atoms with Crippen LogP contribution in [0.5, 0.6) is 11.5 Å². The van der Waals surface area contributed by atoms with Crippen LogP contribution in [-0.2, 0) is 4.74 Å². The van der Waals surface area contributed by atoms with E-state index in [1.165, 1.54) is 30.4 Å². The molecule has 4 rings (SSSR count). The molecule has 23 heavy (non-hydrogen) atoms. The molecule has 0 aromatic heterocycles. The molecule has 5 atom stereocenters. The summed E-state index contributed by atoms with van der Waals surface area (Å²) in [5.74, 6) is 3.56.